The van der Waals surface area contributed by atoms with Crippen molar-refractivity contribution in [2.75, 3.05) is 6.61 Å². The molecule has 132 valence electrons. The number of benzene rings is 2. The van der Waals surface area contributed by atoms with Crippen LogP contribution in [0.3, 0.4) is 0 Å². The van der Waals surface area contributed by atoms with Gasteiger partial charge in [0.25, 0.3) is 0 Å². The van der Waals surface area contributed by atoms with Gasteiger partial charge in [0.2, 0.25) is 0 Å². The number of hydrogen-bond donors (Lipinski definition) is 2. The molecule has 0 aromatic heterocycles. The number of rotatable bonds is 3. The summed E-state index contributed by atoms with van der Waals surface area (Å²) < 4.78 is 17.6. The minimum Gasteiger partial charge on any atom is -0.387 e. The third kappa shape index (κ3) is 3.60. The fourth-order valence-electron chi connectivity index (χ4n) is 3.09. The van der Waals surface area contributed by atoms with Crippen molar-refractivity contribution < 1.29 is 24.4 Å². The molecular formula is C19H20O5S. The maximum Gasteiger partial charge on any atom is 0.184 e. The Balaban J connectivity index is 1.46. The van der Waals surface area contributed by atoms with Crippen molar-refractivity contribution in [1.29, 1.82) is 0 Å². The van der Waals surface area contributed by atoms with Gasteiger partial charge >= 0.3 is 0 Å². The van der Waals surface area contributed by atoms with E-state index >= 15 is 0 Å². The first-order valence-corrected chi connectivity index (χ1v) is 9.15. The van der Waals surface area contributed by atoms with Crippen LogP contribution in [0.2, 0.25) is 0 Å². The maximum atomic E-state index is 10.6. The van der Waals surface area contributed by atoms with Crippen LogP contribution >= 0.6 is 11.8 Å². The molecule has 5 nitrogen and oxygen atoms in total. The van der Waals surface area contributed by atoms with Crippen LogP contribution in [0.5, 0.6) is 0 Å². The average molecular weight is 360 g/mol. The van der Waals surface area contributed by atoms with Crippen LogP contribution in [0.15, 0.2) is 65.6 Å². The van der Waals surface area contributed by atoms with E-state index in [-0.39, 0.29) is 0 Å². The number of ether oxygens (including phenoxy) is 3. The lowest BCUT2D eigenvalue weighted by molar-refractivity contribution is -0.318. The van der Waals surface area contributed by atoms with Crippen LogP contribution in [-0.2, 0) is 14.2 Å². The van der Waals surface area contributed by atoms with Gasteiger partial charge in [-0.1, -0.05) is 60.3 Å². The Morgan fingerprint density at radius 3 is 2.24 bits per heavy atom. The molecule has 2 fully saturated rings. The number of fused-ring (bicyclic) bond motifs is 1. The van der Waals surface area contributed by atoms with Crippen molar-refractivity contribution in [3.63, 3.8) is 0 Å². The van der Waals surface area contributed by atoms with Crippen molar-refractivity contribution in [3.05, 3.63) is 66.2 Å². The molecule has 6 atom stereocenters. The molecule has 0 amide bonds. The van der Waals surface area contributed by atoms with E-state index in [0.717, 1.165) is 10.5 Å². The van der Waals surface area contributed by atoms with Crippen LogP contribution < -0.4 is 0 Å². The second-order valence-corrected chi connectivity index (χ2v) is 7.30. The highest BCUT2D eigenvalue weighted by atomic mass is 32.2. The minimum absolute atomic E-state index is 0.305. The van der Waals surface area contributed by atoms with Gasteiger partial charge in [-0.15, -0.1) is 0 Å². The summed E-state index contributed by atoms with van der Waals surface area (Å²) in [6, 6.07) is 19.2. The molecule has 2 saturated heterocycles. The first kappa shape index (κ1) is 17.0. The zero-order valence-electron chi connectivity index (χ0n) is 13.5. The van der Waals surface area contributed by atoms with Gasteiger partial charge in [0.1, 0.15) is 29.9 Å². The molecule has 4 rings (SSSR count). The summed E-state index contributed by atoms with van der Waals surface area (Å²) in [5.41, 5.74) is 0.308. The Hall–Kier alpha value is -1.41. The summed E-state index contributed by atoms with van der Waals surface area (Å²) in [4.78, 5) is 0.969. The van der Waals surface area contributed by atoms with Gasteiger partial charge in [0.15, 0.2) is 6.29 Å². The summed E-state index contributed by atoms with van der Waals surface area (Å²) in [5, 5.41) is 21.0. The fraction of sp³-hybridized carbons (Fsp3) is 0.368. The normalized spacial score (nSPS) is 35.1. The third-order valence-electron chi connectivity index (χ3n) is 4.40. The molecule has 6 heteroatoms. The molecule has 2 aliphatic rings. The largest absolute Gasteiger partial charge is 0.387 e. The predicted molar refractivity (Wildman–Crippen MR) is 93.0 cm³/mol. The highest BCUT2D eigenvalue weighted by Crippen LogP contribution is 2.38. The van der Waals surface area contributed by atoms with Crippen LogP contribution in [0, 0.1) is 0 Å². The lowest BCUT2D eigenvalue weighted by atomic mass is 9.99. The van der Waals surface area contributed by atoms with Crippen molar-refractivity contribution in [2.24, 2.45) is 0 Å². The molecule has 25 heavy (non-hydrogen) atoms. The van der Waals surface area contributed by atoms with Gasteiger partial charge in [-0.2, -0.15) is 0 Å². The summed E-state index contributed by atoms with van der Waals surface area (Å²) in [6.45, 7) is 0.305. The summed E-state index contributed by atoms with van der Waals surface area (Å²) >= 11 is 1.39. The van der Waals surface area contributed by atoms with Crippen molar-refractivity contribution in [1.82, 2.24) is 0 Å². The Morgan fingerprint density at radius 2 is 1.52 bits per heavy atom. The zero-order valence-corrected chi connectivity index (χ0v) is 14.3. The molecule has 2 aliphatic heterocycles. The van der Waals surface area contributed by atoms with Crippen LogP contribution in [0.1, 0.15) is 11.9 Å². The molecule has 2 N–H and O–H groups in total. The summed E-state index contributed by atoms with van der Waals surface area (Å²) in [5.74, 6) is 0. The molecule has 2 heterocycles. The molecule has 0 saturated carbocycles. The molecule has 1 unspecified atom stereocenters. The first-order valence-electron chi connectivity index (χ1n) is 8.28. The summed E-state index contributed by atoms with van der Waals surface area (Å²) in [7, 11) is 0. The Bertz CT molecular complexity index is 681. The third-order valence-corrected chi connectivity index (χ3v) is 5.57. The SMILES string of the molecule is O[C@@H]1[C@@H](O)[C@H](Sc2ccccc2)O[C@@H]2COC(c3ccccc3)O[C@@H]12. The Morgan fingerprint density at radius 1 is 0.840 bits per heavy atom. The van der Waals surface area contributed by atoms with Gasteiger partial charge in [-0.05, 0) is 12.1 Å². The molecule has 0 aliphatic carbocycles. The van der Waals surface area contributed by atoms with E-state index < -0.39 is 36.1 Å². The Kier molecular flexibility index (Phi) is 5.08. The van der Waals surface area contributed by atoms with E-state index in [9.17, 15) is 10.2 Å². The van der Waals surface area contributed by atoms with E-state index in [1.165, 1.54) is 11.8 Å². The number of aliphatic hydroxyl groups excluding tert-OH is 2. The standard InChI is InChI=1S/C19H20O5S/c20-15-16(21)19(25-13-9-5-2-6-10-13)23-14-11-22-18(24-17(14)15)12-7-3-1-4-8-12/h1-10,14-21H,11H2/t14-,15-,16-,17-,18?,19+/m1/s1. The van der Waals surface area contributed by atoms with Crippen molar-refractivity contribution in [2.45, 2.75) is 41.0 Å². The van der Waals surface area contributed by atoms with Crippen LogP contribution in [0.4, 0.5) is 0 Å². The van der Waals surface area contributed by atoms with Crippen LogP contribution in [-0.4, -0.2) is 46.7 Å². The topological polar surface area (TPSA) is 68.2 Å². The van der Waals surface area contributed by atoms with Crippen molar-refractivity contribution in [3.8, 4) is 0 Å². The van der Waals surface area contributed by atoms with E-state index in [1.54, 1.807) is 0 Å². The molecule has 0 bridgehead atoms. The van der Waals surface area contributed by atoms with Gasteiger partial charge in [-0.3, -0.25) is 0 Å². The maximum absolute atomic E-state index is 10.6. The lowest BCUT2D eigenvalue weighted by Gasteiger charge is -2.46. The van der Waals surface area contributed by atoms with Crippen LogP contribution in [0.25, 0.3) is 0 Å². The van der Waals surface area contributed by atoms with E-state index in [1.807, 2.05) is 60.7 Å². The smallest absolute Gasteiger partial charge is 0.184 e. The molecule has 2 aromatic carbocycles. The van der Waals surface area contributed by atoms with Gasteiger partial charge < -0.3 is 24.4 Å². The molecule has 0 spiro atoms. The zero-order chi connectivity index (χ0) is 17.2. The lowest BCUT2D eigenvalue weighted by Crippen LogP contribution is -2.60. The van der Waals surface area contributed by atoms with Gasteiger partial charge in [-0.25, -0.2) is 0 Å². The predicted octanol–water partition coefficient (Wildman–Crippen LogP) is 2.34. The average Bonchev–Trinajstić information content (AvgIpc) is 2.67. The summed E-state index contributed by atoms with van der Waals surface area (Å²) in [6.07, 6.45) is -3.68. The monoisotopic (exact) mass is 360 g/mol. The molecular weight excluding hydrogens is 340 g/mol. The first-order chi connectivity index (χ1) is 12.2. The van der Waals surface area contributed by atoms with Gasteiger partial charge in [0, 0.05) is 10.5 Å². The second-order valence-electron chi connectivity index (χ2n) is 6.13. The Labute approximate surface area is 150 Å². The van der Waals surface area contributed by atoms with E-state index in [4.69, 9.17) is 14.2 Å². The quantitative estimate of drug-likeness (QED) is 0.876. The van der Waals surface area contributed by atoms with Gasteiger partial charge in [0.05, 0.1) is 6.61 Å². The minimum atomic E-state index is -1.04. The van der Waals surface area contributed by atoms with E-state index in [2.05, 4.69) is 0 Å². The number of thioether (sulfide) groups is 1. The highest BCUT2D eigenvalue weighted by Gasteiger charge is 2.49. The fourth-order valence-corrected chi connectivity index (χ4v) is 4.17. The van der Waals surface area contributed by atoms with E-state index in [0.29, 0.717) is 6.61 Å². The highest BCUT2D eigenvalue weighted by molar-refractivity contribution is 7.99. The number of aliphatic hydroxyl groups is 2. The molecule has 0 radical (unpaired) electrons. The number of hydrogen-bond acceptors (Lipinski definition) is 6. The second kappa shape index (κ2) is 7.45. The van der Waals surface area contributed by atoms with Crippen molar-refractivity contribution >= 4 is 11.8 Å². The molecule has 2 aromatic rings.